The van der Waals surface area contributed by atoms with Gasteiger partial charge in [0, 0.05) is 148 Å². The third-order valence-corrected chi connectivity index (χ3v) is 27.9. The largest absolute Gasteiger partial charge is 0.504 e. The summed E-state index contributed by atoms with van der Waals surface area (Å²) >= 11 is 6.55. The van der Waals surface area contributed by atoms with E-state index in [1.165, 1.54) is 7.11 Å². The molecule has 0 saturated heterocycles. The Kier molecular flexibility index (Phi) is 28.8. The van der Waals surface area contributed by atoms with Crippen molar-refractivity contribution in [3.05, 3.63) is 188 Å². The van der Waals surface area contributed by atoms with Gasteiger partial charge in [0.2, 0.25) is 0 Å². The van der Waals surface area contributed by atoms with Gasteiger partial charge in [-0.25, -0.2) is 9.59 Å². The maximum Gasteiger partial charge on any atom is 0.344 e. The highest BCUT2D eigenvalue weighted by molar-refractivity contribution is 7.14. The summed E-state index contributed by atoms with van der Waals surface area (Å²) < 4.78 is 52.5. The second kappa shape index (κ2) is 39.3. The van der Waals surface area contributed by atoms with Gasteiger partial charge in [0.15, 0.2) is 65.8 Å². The van der Waals surface area contributed by atoms with Crippen LogP contribution in [-0.4, -0.2) is 202 Å². The van der Waals surface area contributed by atoms with Crippen LogP contribution in [0.1, 0.15) is 154 Å². The summed E-state index contributed by atoms with van der Waals surface area (Å²) in [5, 5.41) is 30.2. The van der Waals surface area contributed by atoms with Crippen LogP contribution in [-0.2, 0) is 71.0 Å². The minimum Gasteiger partial charge on any atom is -0.504 e. The molecular formula is C101H117N9O17S4. The number of nitrogens with zero attached hydrogens (tertiary/aromatic N) is 8. The third kappa shape index (κ3) is 20.1. The number of amides is 5. The van der Waals surface area contributed by atoms with E-state index < -0.39 is 18.5 Å². The monoisotopic (exact) mass is 1860 g/mol. The standard InChI is InChI=1S/C27H32N2O5S.C26H31N3O4S.C25H28N2O5S.C23H26N2O3S/c1-7-33-24(30)16-34-22-15-18-17(13-21(22)32-6)10-11-29-20(26(31)28(5)27(2,3)4)14-19(25(18)29)23-9-8-12-35-23;1-26(2,3)28(5)25(31)19-13-18(22-8-7-11-34-22)24-17-14-21(33-15-23(30)27-4)20(32-6)12-16(17)9-10-29(19)24;1-25(2,3)26(4)24(30)18-12-17(21-7-6-10-33-21)23-16-13-20(32-14-22(28)29)19(31-5)11-15(16)8-9-27(18)23;1-23(2,3)24(4)22(27)17-12-16(20-7-6-10-29-20)21-15-13-18(26)19(28-5)11-14(15)8-9-25(17)21/h8-9,12-15H,7,10-11,16H2,1-6H3;7-8,11-14H,9-10,15H2,1-6H3,(H,27,30);6-7,10-13H,8-9,14H2,1-5H3,(H,28,29);6-7,10-13,26H,8-9H2,1-5H3. The first-order valence-electron chi connectivity index (χ1n) is 43.4. The molecule has 0 spiro atoms. The molecule has 0 unspecified atom stereocenters. The van der Waals surface area contributed by atoms with Crippen molar-refractivity contribution in [3.63, 3.8) is 0 Å². The van der Waals surface area contributed by atoms with Gasteiger partial charge in [0.1, 0.15) is 22.8 Å². The van der Waals surface area contributed by atoms with Crippen LogP contribution in [0.4, 0.5) is 0 Å². The van der Waals surface area contributed by atoms with Crippen molar-refractivity contribution in [2.24, 2.45) is 0 Å². The van der Waals surface area contributed by atoms with Gasteiger partial charge in [-0.2, -0.15) is 0 Å². The Morgan fingerprint density at radius 3 is 0.885 bits per heavy atom. The summed E-state index contributed by atoms with van der Waals surface area (Å²) in [6, 6.07) is 39.5. The Morgan fingerprint density at radius 2 is 0.641 bits per heavy atom. The number of hydrogen-bond acceptors (Lipinski definition) is 20. The number of carbonyl (C=O) groups excluding carboxylic acids is 6. The number of fused-ring (bicyclic) bond motifs is 12. The molecule has 5 amide bonds. The number of aliphatic carboxylic acids is 1. The zero-order chi connectivity index (χ0) is 94.8. The Labute approximate surface area is 781 Å². The fourth-order valence-electron chi connectivity index (χ4n) is 16.1. The third-order valence-electron chi connectivity index (χ3n) is 24.3. The van der Waals surface area contributed by atoms with Gasteiger partial charge < -0.3 is 91.3 Å². The van der Waals surface area contributed by atoms with Crippen molar-refractivity contribution in [3.8, 4) is 133 Å². The summed E-state index contributed by atoms with van der Waals surface area (Å²) in [5.74, 6) is 1.78. The number of aromatic nitrogens is 4. The van der Waals surface area contributed by atoms with Crippen molar-refractivity contribution < 1.29 is 81.7 Å². The lowest BCUT2D eigenvalue weighted by Crippen LogP contribution is -2.43. The second-order valence-electron chi connectivity index (χ2n) is 36.2. The number of phenols is 1. The first-order valence-corrected chi connectivity index (χ1v) is 46.9. The zero-order valence-electron chi connectivity index (χ0n) is 78.6. The van der Waals surface area contributed by atoms with Gasteiger partial charge in [-0.1, -0.05) is 24.3 Å². The number of methoxy groups -OCH3 is 4. The molecule has 12 heterocycles. The molecule has 0 aliphatic carbocycles. The topological polar surface area (TPSA) is 278 Å². The second-order valence-corrected chi connectivity index (χ2v) is 40.0. The SMILES string of the molecule is CCOC(=O)COc1cc2c(cc1OC)CCn1c(C(=O)N(C)C(C)(C)C)cc(-c3cccs3)c1-2.CNC(=O)COc1cc2c(cc1OC)CCn1c(C(=O)N(C)C(C)(C)C)cc(-c3cccs3)c1-2.COc1cc2c(cc1O)-c1c(-c3cccs3)cc(C(=O)N(C)C(C)(C)C)n1CC2.COc1cc2c(cc1OCC(=O)O)-c1c(-c3cccs3)cc(C(=O)N(C)C(C)(C)C)n1CC2. The van der Waals surface area contributed by atoms with E-state index in [9.17, 15) is 38.7 Å². The van der Waals surface area contributed by atoms with Gasteiger partial charge in [0.25, 0.3) is 29.5 Å². The van der Waals surface area contributed by atoms with E-state index in [0.717, 1.165) is 135 Å². The molecule has 0 fully saturated rings. The summed E-state index contributed by atoms with van der Waals surface area (Å²) in [6.45, 7) is 28.3. The number of benzene rings is 4. The highest BCUT2D eigenvalue weighted by Crippen LogP contribution is 2.52. The summed E-state index contributed by atoms with van der Waals surface area (Å²) in [7, 11) is 15.2. The lowest BCUT2D eigenvalue weighted by atomic mass is 9.95. The fraction of sp³-hybridized carbons (Fsp3) is 0.376. The predicted octanol–water partition coefficient (Wildman–Crippen LogP) is 19.5. The smallest absolute Gasteiger partial charge is 0.344 e. The number of likely N-dealkylation sites (N-methyl/N-ethyl adjacent to an activating group) is 1. The number of nitrogens with one attached hydrogen (secondary N) is 1. The average molecular weight is 1860 g/mol. The number of carboxylic acid groups (broad SMARTS) is 1. The van der Waals surface area contributed by atoms with Crippen LogP contribution in [0.25, 0.3) is 86.8 Å². The maximum atomic E-state index is 13.6. The van der Waals surface area contributed by atoms with Crippen molar-refractivity contribution in [2.75, 3.05) is 90.1 Å². The van der Waals surface area contributed by atoms with Crippen molar-refractivity contribution >= 4 is 86.8 Å². The Bertz CT molecular complexity index is 6240. The Morgan fingerprint density at radius 1 is 0.374 bits per heavy atom. The Balaban J connectivity index is 0.000000149. The quantitative estimate of drug-likeness (QED) is 0.0532. The maximum absolute atomic E-state index is 13.6. The highest BCUT2D eigenvalue weighted by Gasteiger charge is 2.39. The molecule has 8 aromatic heterocycles. The molecule has 0 atom stereocenters. The number of aryl methyl sites for hydroxylation is 4. The van der Waals surface area contributed by atoms with Crippen LogP contribution >= 0.6 is 45.3 Å². The minimum atomic E-state index is -1.06. The number of esters is 1. The summed E-state index contributed by atoms with van der Waals surface area (Å²) in [4.78, 5) is 100. The lowest BCUT2D eigenvalue weighted by Gasteiger charge is -2.32. The minimum absolute atomic E-state index is 0.00254. The highest BCUT2D eigenvalue weighted by atomic mass is 32.1. The molecule has 0 radical (unpaired) electrons. The van der Waals surface area contributed by atoms with Crippen LogP contribution < -0.4 is 38.5 Å². The van der Waals surface area contributed by atoms with Crippen LogP contribution in [0.15, 0.2) is 143 Å². The predicted molar refractivity (Wildman–Crippen MR) is 518 cm³/mol. The van der Waals surface area contributed by atoms with E-state index in [4.69, 9.17) is 43.0 Å². The number of carboxylic acids is 1. The normalized spacial score (nSPS) is 12.7. The molecular weight excluding hydrogens is 1740 g/mol. The van der Waals surface area contributed by atoms with Crippen molar-refractivity contribution in [2.45, 2.75) is 164 Å². The number of hydrogen-bond donors (Lipinski definition) is 3. The molecule has 12 aromatic rings. The van der Waals surface area contributed by atoms with Gasteiger partial charge in [0.05, 0.1) is 57.8 Å². The first-order chi connectivity index (χ1) is 62.1. The van der Waals surface area contributed by atoms with Gasteiger partial charge in [-0.15, -0.1) is 45.3 Å². The number of phenolic OH excluding ortho intramolecular Hbond substituents is 1. The molecule has 4 aromatic carbocycles. The Hall–Kier alpha value is -12.5. The van der Waals surface area contributed by atoms with Gasteiger partial charge >= 0.3 is 11.9 Å². The molecule has 131 heavy (non-hydrogen) atoms. The molecule has 26 nitrogen and oxygen atoms in total. The van der Waals surface area contributed by atoms with Crippen molar-refractivity contribution in [1.82, 2.24) is 43.2 Å². The molecule has 692 valence electrons. The number of carbonyl (C=O) groups is 7. The van der Waals surface area contributed by atoms with Crippen LogP contribution in [0.5, 0.6) is 46.0 Å². The first kappa shape index (κ1) is 96.1. The molecule has 3 N–H and O–H groups in total. The summed E-state index contributed by atoms with van der Waals surface area (Å²) in [5.41, 5.74) is 17.6. The fourth-order valence-corrected chi connectivity index (χ4v) is 19.1. The molecule has 0 bridgehead atoms. The average Bonchev–Trinajstić information content (AvgIpc) is 1.61. The lowest BCUT2D eigenvalue weighted by molar-refractivity contribution is -0.145. The van der Waals surface area contributed by atoms with E-state index in [2.05, 4.69) is 41.8 Å². The van der Waals surface area contributed by atoms with E-state index in [1.54, 1.807) is 106 Å². The van der Waals surface area contributed by atoms with Crippen molar-refractivity contribution in [1.29, 1.82) is 0 Å². The van der Waals surface area contributed by atoms with E-state index in [0.29, 0.717) is 95.8 Å². The van der Waals surface area contributed by atoms with E-state index in [-0.39, 0.29) is 70.7 Å². The number of ether oxygens (including phenoxy) is 8. The van der Waals surface area contributed by atoms with E-state index >= 15 is 0 Å². The molecule has 4 aliphatic heterocycles. The molecule has 30 heteroatoms. The molecule has 16 rings (SSSR count). The number of rotatable bonds is 22. The number of aromatic hydroxyl groups is 1. The van der Waals surface area contributed by atoms with Crippen LogP contribution in [0.2, 0.25) is 0 Å². The summed E-state index contributed by atoms with van der Waals surface area (Å²) in [6.07, 6.45) is 2.99. The van der Waals surface area contributed by atoms with Gasteiger partial charge in [-0.3, -0.25) is 24.0 Å². The van der Waals surface area contributed by atoms with Gasteiger partial charge in [-0.05, 0) is 257 Å². The molecule has 0 saturated carbocycles. The number of thiophene rings is 4. The zero-order valence-corrected chi connectivity index (χ0v) is 81.8. The van der Waals surface area contributed by atoms with E-state index in [1.807, 2.05) is 230 Å². The molecule has 4 aliphatic rings. The van der Waals surface area contributed by atoms with Crippen LogP contribution in [0.3, 0.4) is 0 Å². The van der Waals surface area contributed by atoms with Crippen LogP contribution in [0, 0.1) is 0 Å².